The van der Waals surface area contributed by atoms with Crippen molar-refractivity contribution in [2.45, 2.75) is 25.1 Å². The Balaban J connectivity index is 1.95. The Morgan fingerprint density at radius 2 is 1.52 bits per heavy atom. The first-order valence-corrected chi connectivity index (χ1v) is 9.12. The van der Waals surface area contributed by atoms with Crippen molar-refractivity contribution >= 4 is 17.8 Å². The molecule has 2 rings (SSSR count). The first-order valence-electron chi connectivity index (χ1n) is 9.12. The predicted octanol–water partition coefficient (Wildman–Crippen LogP) is 0.444. The van der Waals surface area contributed by atoms with Gasteiger partial charge in [0.1, 0.15) is 6.04 Å². The number of nitrogens with one attached hydrogen (secondary N) is 1. The summed E-state index contributed by atoms with van der Waals surface area (Å²) in [5.74, 6) is -3.93. The summed E-state index contributed by atoms with van der Waals surface area (Å²) < 4.78 is 5.45. The third-order valence-electron chi connectivity index (χ3n) is 4.41. The molecular formula is C21H25N3O5. The van der Waals surface area contributed by atoms with E-state index in [1.54, 1.807) is 30.3 Å². The minimum Gasteiger partial charge on any atom is -0.481 e. The molecule has 8 nitrogen and oxygen atoms in total. The zero-order chi connectivity index (χ0) is 21.2. The van der Waals surface area contributed by atoms with Gasteiger partial charge < -0.3 is 26.6 Å². The minimum absolute atomic E-state index is 0.0799. The molecule has 0 saturated heterocycles. The second kappa shape index (κ2) is 10.9. The van der Waals surface area contributed by atoms with Crippen LogP contribution in [0.2, 0.25) is 0 Å². The maximum atomic E-state index is 12.5. The average molecular weight is 399 g/mol. The van der Waals surface area contributed by atoms with Crippen molar-refractivity contribution in [3.63, 3.8) is 0 Å². The zero-order valence-electron chi connectivity index (χ0n) is 15.9. The lowest BCUT2D eigenvalue weighted by Crippen LogP contribution is -2.55. The molecular weight excluding hydrogens is 374 g/mol. The van der Waals surface area contributed by atoms with E-state index < -0.39 is 35.8 Å². The van der Waals surface area contributed by atoms with E-state index in [2.05, 4.69) is 5.32 Å². The molecule has 0 aromatic heterocycles. The number of carbonyl (C=O) groups excluding carboxylic acids is 2. The average Bonchev–Trinajstić information content (AvgIpc) is 2.72. The summed E-state index contributed by atoms with van der Waals surface area (Å²) in [5, 5.41) is 11.9. The Morgan fingerprint density at radius 3 is 2.03 bits per heavy atom. The number of rotatable bonds is 11. The largest absolute Gasteiger partial charge is 0.481 e. The first-order chi connectivity index (χ1) is 13.9. The predicted molar refractivity (Wildman–Crippen MR) is 106 cm³/mol. The van der Waals surface area contributed by atoms with E-state index >= 15 is 0 Å². The molecule has 0 radical (unpaired) electrons. The fourth-order valence-electron chi connectivity index (χ4n) is 2.75. The van der Waals surface area contributed by atoms with Crippen LogP contribution in [0.3, 0.4) is 0 Å². The van der Waals surface area contributed by atoms with Crippen molar-refractivity contribution in [3.8, 4) is 0 Å². The SMILES string of the molecule is NC(=O)[C@H](COCc1ccccc1)NC(=O)[C@@H](N)C(Cc1ccccc1)C(=O)O. The van der Waals surface area contributed by atoms with Crippen LogP contribution in [-0.2, 0) is 32.1 Å². The second-order valence-corrected chi connectivity index (χ2v) is 6.62. The van der Waals surface area contributed by atoms with Gasteiger partial charge in [0.25, 0.3) is 0 Å². The van der Waals surface area contributed by atoms with E-state index in [0.717, 1.165) is 11.1 Å². The van der Waals surface area contributed by atoms with E-state index in [1.165, 1.54) is 0 Å². The Labute approximate surface area is 168 Å². The normalized spacial score (nSPS) is 13.8. The lowest BCUT2D eigenvalue weighted by molar-refractivity contribution is -0.145. The van der Waals surface area contributed by atoms with Gasteiger partial charge in [-0.2, -0.15) is 0 Å². The molecule has 0 fully saturated rings. The molecule has 0 spiro atoms. The van der Waals surface area contributed by atoms with Gasteiger partial charge in [0.15, 0.2) is 0 Å². The van der Waals surface area contributed by atoms with E-state index in [-0.39, 0.29) is 19.6 Å². The summed E-state index contributed by atoms with van der Waals surface area (Å²) in [6.07, 6.45) is 0.0799. The van der Waals surface area contributed by atoms with E-state index in [9.17, 15) is 19.5 Å². The summed E-state index contributed by atoms with van der Waals surface area (Å²) in [5.41, 5.74) is 12.9. The molecule has 2 amide bonds. The number of carboxylic acid groups (broad SMARTS) is 1. The molecule has 0 aliphatic heterocycles. The van der Waals surface area contributed by atoms with Crippen LogP contribution in [0.5, 0.6) is 0 Å². The molecule has 8 heteroatoms. The van der Waals surface area contributed by atoms with Gasteiger partial charge in [0, 0.05) is 0 Å². The van der Waals surface area contributed by atoms with Gasteiger partial charge in [-0.15, -0.1) is 0 Å². The maximum Gasteiger partial charge on any atom is 0.308 e. The lowest BCUT2D eigenvalue weighted by Gasteiger charge is -2.22. The fraction of sp³-hybridized carbons (Fsp3) is 0.286. The third-order valence-corrected chi connectivity index (χ3v) is 4.41. The number of nitrogens with two attached hydrogens (primary N) is 2. The van der Waals surface area contributed by atoms with Gasteiger partial charge in [-0.25, -0.2) is 0 Å². The quantitative estimate of drug-likeness (QED) is 0.432. The standard InChI is InChI=1S/C21H25N3O5/c22-18(16(21(27)28)11-14-7-3-1-4-8-14)20(26)24-17(19(23)25)13-29-12-15-9-5-2-6-10-15/h1-10,16-18H,11-13,22H2,(H2,23,25)(H,24,26)(H,27,28)/t16?,17-,18-/m0/s1. The van der Waals surface area contributed by atoms with Gasteiger partial charge in [0.2, 0.25) is 11.8 Å². The summed E-state index contributed by atoms with van der Waals surface area (Å²) in [4.78, 5) is 35.8. The summed E-state index contributed by atoms with van der Waals surface area (Å²) in [7, 11) is 0. The van der Waals surface area contributed by atoms with Crippen LogP contribution in [-0.4, -0.2) is 41.6 Å². The van der Waals surface area contributed by atoms with Crippen molar-refractivity contribution in [2.24, 2.45) is 17.4 Å². The van der Waals surface area contributed by atoms with Crippen LogP contribution in [0, 0.1) is 5.92 Å². The molecule has 2 aromatic rings. The number of carboxylic acids is 1. The zero-order valence-corrected chi connectivity index (χ0v) is 15.9. The van der Waals surface area contributed by atoms with Crippen LogP contribution in [0.4, 0.5) is 0 Å². The lowest BCUT2D eigenvalue weighted by atomic mass is 9.92. The summed E-state index contributed by atoms with van der Waals surface area (Å²) in [6, 6.07) is 15.7. The van der Waals surface area contributed by atoms with Gasteiger partial charge in [0.05, 0.1) is 25.2 Å². The molecule has 0 saturated carbocycles. The number of ether oxygens (including phenoxy) is 1. The highest BCUT2D eigenvalue weighted by atomic mass is 16.5. The first kappa shape index (κ1) is 22.1. The summed E-state index contributed by atoms with van der Waals surface area (Å²) in [6.45, 7) is 0.0808. The second-order valence-electron chi connectivity index (χ2n) is 6.62. The summed E-state index contributed by atoms with van der Waals surface area (Å²) >= 11 is 0. The molecule has 0 heterocycles. The van der Waals surface area contributed by atoms with Crippen molar-refractivity contribution in [1.82, 2.24) is 5.32 Å². The Morgan fingerprint density at radius 1 is 0.966 bits per heavy atom. The van der Waals surface area contributed by atoms with Gasteiger partial charge in [-0.3, -0.25) is 14.4 Å². The number of aliphatic carboxylic acids is 1. The minimum atomic E-state index is -1.36. The highest BCUT2D eigenvalue weighted by molar-refractivity contribution is 5.91. The van der Waals surface area contributed by atoms with Crippen LogP contribution >= 0.6 is 0 Å². The Bertz CT molecular complexity index is 814. The van der Waals surface area contributed by atoms with Crippen LogP contribution in [0.15, 0.2) is 60.7 Å². The highest BCUT2D eigenvalue weighted by Crippen LogP contribution is 2.13. The molecule has 0 aliphatic rings. The number of amides is 2. The Hall–Kier alpha value is -3.23. The smallest absolute Gasteiger partial charge is 0.308 e. The third kappa shape index (κ3) is 7.02. The van der Waals surface area contributed by atoms with Crippen LogP contribution < -0.4 is 16.8 Å². The molecule has 1 unspecified atom stereocenters. The van der Waals surface area contributed by atoms with Crippen LogP contribution in [0.1, 0.15) is 11.1 Å². The number of primary amides is 1. The molecule has 6 N–H and O–H groups in total. The number of hydrogen-bond acceptors (Lipinski definition) is 5. The van der Waals surface area contributed by atoms with E-state index in [4.69, 9.17) is 16.2 Å². The number of benzene rings is 2. The highest BCUT2D eigenvalue weighted by Gasteiger charge is 2.32. The van der Waals surface area contributed by atoms with E-state index in [1.807, 2.05) is 30.3 Å². The molecule has 0 bridgehead atoms. The van der Waals surface area contributed by atoms with Crippen molar-refractivity contribution in [2.75, 3.05) is 6.61 Å². The molecule has 29 heavy (non-hydrogen) atoms. The van der Waals surface area contributed by atoms with Crippen molar-refractivity contribution < 1.29 is 24.2 Å². The number of carbonyl (C=O) groups is 3. The fourth-order valence-corrected chi connectivity index (χ4v) is 2.75. The molecule has 2 aromatic carbocycles. The van der Waals surface area contributed by atoms with Crippen molar-refractivity contribution in [3.05, 3.63) is 71.8 Å². The van der Waals surface area contributed by atoms with Gasteiger partial charge in [-0.05, 0) is 17.5 Å². The van der Waals surface area contributed by atoms with E-state index in [0.29, 0.717) is 0 Å². The monoisotopic (exact) mass is 399 g/mol. The molecule has 0 aliphatic carbocycles. The van der Waals surface area contributed by atoms with Gasteiger partial charge >= 0.3 is 5.97 Å². The Kier molecular flexibility index (Phi) is 8.32. The number of hydrogen-bond donors (Lipinski definition) is 4. The maximum absolute atomic E-state index is 12.5. The van der Waals surface area contributed by atoms with Crippen LogP contribution in [0.25, 0.3) is 0 Å². The van der Waals surface area contributed by atoms with Gasteiger partial charge in [-0.1, -0.05) is 60.7 Å². The topological polar surface area (TPSA) is 145 Å². The molecule has 3 atom stereocenters. The van der Waals surface area contributed by atoms with Crippen molar-refractivity contribution in [1.29, 1.82) is 0 Å². The molecule has 154 valence electrons.